The van der Waals surface area contributed by atoms with Gasteiger partial charge in [-0.05, 0) is 23.5 Å². The molecule has 0 nitrogen and oxygen atoms in total. The topological polar surface area (TPSA) is 0 Å². The lowest BCUT2D eigenvalue weighted by atomic mass is 10.2. The average molecular weight is 187 g/mol. The molecule has 0 saturated heterocycles. The van der Waals surface area contributed by atoms with Crippen molar-refractivity contribution in [2.75, 3.05) is 0 Å². The predicted molar refractivity (Wildman–Crippen MR) is 41.1 cm³/mol. The van der Waals surface area contributed by atoms with Gasteiger partial charge < -0.3 is 0 Å². The Bertz CT molecular complexity index is 162. The van der Waals surface area contributed by atoms with E-state index in [-0.39, 0.29) is 0 Å². The Hall–Kier alpha value is 0.177. The number of hydrogen-bond donors (Lipinski definition) is 0. The van der Waals surface area contributed by atoms with Crippen molar-refractivity contribution in [2.24, 2.45) is 0 Å². The second-order valence-corrected chi connectivity index (χ2v) is 4.51. The Balaban J connectivity index is 2.88. The minimum Gasteiger partial charge on any atom is -0.0895 e. The first-order chi connectivity index (χ1) is 3.72. The standard InChI is InChI=1S/C6H7BrSi/c1-4-3-8-6(7)5(4)2/h3H,1-2H3. The Morgan fingerprint density at radius 1 is 1.50 bits per heavy atom. The number of rotatable bonds is 0. The molecule has 0 aromatic rings. The van der Waals surface area contributed by atoms with Gasteiger partial charge in [-0.15, -0.1) is 0 Å². The molecule has 0 spiro atoms. The maximum absolute atomic E-state index is 3.48. The molecule has 1 aliphatic heterocycles. The van der Waals surface area contributed by atoms with Gasteiger partial charge in [0, 0.05) is 0 Å². The van der Waals surface area contributed by atoms with Gasteiger partial charge in [-0.1, -0.05) is 27.2 Å². The van der Waals surface area contributed by atoms with Crippen molar-refractivity contribution in [1.82, 2.24) is 0 Å². The minimum atomic E-state index is 0.877. The maximum atomic E-state index is 3.48. The molecular formula is C6H7BrSi. The molecular weight excluding hydrogens is 180 g/mol. The lowest BCUT2D eigenvalue weighted by Crippen LogP contribution is -1.77. The van der Waals surface area contributed by atoms with E-state index in [1.54, 1.807) is 0 Å². The van der Waals surface area contributed by atoms with Crippen LogP contribution in [0.4, 0.5) is 0 Å². The smallest absolute Gasteiger partial charge is 0.0895 e. The van der Waals surface area contributed by atoms with E-state index >= 15 is 0 Å². The number of hydrogen-bond acceptors (Lipinski definition) is 0. The third-order valence-electron chi connectivity index (χ3n) is 1.34. The third kappa shape index (κ3) is 0.953. The zero-order chi connectivity index (χ0) is 6.15. The summed E-state index contributed by atoms with van der Waals surface area (Å²) in [5, 5.41) is 0. The Labute approximate surface area is 60.6 Å². The molecule has 0 N–H and O–H groups in total. The summed E-state index contributed by atoms with van der Waals surface area (Å²) in [4.78, 5) is 0. The van der Waals surface area contributed by atoms with Crippen molar-refractivity contribution in [3.8, 4) is 0 Å². The quantitative estimate of drug-likeness (QED) is 0.510. The van der Waals surface area contributed by atoms with Crippen molar-refractivity contribution in [2.45, 2.75) is 13.8 Å². The average Bonchev–Trinajstić information content (AvgIpc) is 1.98. The second kappa shape index (κ2) is 2.19. The van der Waals surface area contributed by atoms with Gasteiger partial charge in [-0.2, -0.15) is 0 Å². The van der Waals surface area contributed by atoms with Crippen LogP contribution in [0.5, 0.6) is 0 Å². The van der Waals surface area contributed by atoms with Crippen LogP contribution in [-0.4, -0.2) is 9.52 Å². The number of halogens is 1. The predicted octanol–water partition coefficient (Wildman–Crippen LogP) is 2.23. The van der Waals surface area contributed by atoms with Crippen LogP contribution in [0.3, 0.4) is 0 Å². The molecule has 1 heterocycles. The summed E-state index contributed by atoms with van der Waals surface area (Å²) >= 11 is 3.48. The first-order valence-corrected chi connectivity index (χ1v) is 4.39. The van der Waals surface area contributed by atoms with Crippen LogP contribution < -0.4 is 0 Å². The monoisotopic (exact) mass is 186 g/mol. The van der Waals surface area contributed by atoms with Crippen molar-refractivity contribution in [1.29, 1.82) is 0 Å². The minimum absolute atomic E-state index is 0.877. The van der Waals surface area contributed by atoms with Crippen LogP contribution in [0.25, 0.3) is 0 Å². The Morgan fingerprint density at radius 3 is 2.25 bits per heavy atom. The molecule has 2 heteroatoms. The molecule has 0 aromatic carbocycles. The molecule has 0 unspecified atom stereocenters. The molecule has 0 bridgehead atoms. The van der Waals surface area contributed by atoms with Gasteiger partial charge >= 0.3 is 0 Å². The van der Waals surface area contributed by atoms with Gasteiger partial charge in [0.15, 0.2) is 0 Å². The maximum Gasteiger partial charge on any atom is 0.122 e. The van der Waals surface area contributed by atoms with Crippen LogP contribution in [0.15, 0.2) is 21.0 Å². The van der Waals surface area contributed by atoms with Crippen molar-refractivity contribution >= 4 is 25.4 Å². The molecule has 0 fully saturated rings. The lowest BCUT2D eigenvalue weighted by Gasteiger charge is -1.92. The van der Waals surface area contributed by atoms with Crippen LogP contribution in [0, 0.1) is 0 Å². The van der Waals surface area contributed by atoms with E-state index in [0.29, 0.717) is 0 Å². The van der Waals surface area contributed by atoms with Crippen molar-refractivity contribution in [3.63, 3.8) is 0 Å². The van der Waals surface area contributed by atoms with Crippen LogP contribution >= 0.6 is 15.9 Å². The van der Waals surface area contributed by atoms with Crippen LogP contribution in [-0.2, 0) is 0 Å². The summed E-state index contributed by atoms with van der Waals surface area (Å²) in [5.41, 5.74) is 5.11. The van der Waals surface area contributed by atoms with Gasteiger partial charge in [0.2, 0.25) is 0 Å². The van der Waals surface area contributed by atoms with E-state index in [1.807, 2.05) is 0 Å². The molecule has 2 radical (unpaired) electrons. The lowest BCUT2D eigenvalue weighted by molar-refractivity contribution is 1.38. The molecule has 0 amide bonds. The summed E-state index contributed by atoms with van der Waals surface area (Å²) in [6.45, 7) is 4.30. The van der Waals surface area contributed by atoms with Crippen LogP contribution in [0.1, 0.15) is 13.8 Å². The Morgan fingerprint density at radius 2 is 2.12 bits per heavy atom. The van der Waals surface area contributed by atoms with Gasteiger partial charge in [0.1, 0.15) is 9.52 Å². The van der Waals surface area contributed by atoms with Crippen LogP contribution in [0.2, 0.25) is 0 Å². The molecule has 0 aromatic heterocycles. The first kappa shape index (κ1) is 6.30. The zero-order valence-electron chi connectivity index (χ0n) is 4.96. The molecule has 1 aliphatic rings. The summed E-state index contributed by atoms with van der Waals surface area (Å²) in [6.07, 6.45) is 0. The highest BCUT2D eigenvalue weighted by molar-refractivity contribution is 9.12. The summed E-state index contributed by atoms with van der Waals surface area (Å²) in [5.74, 6) is 0. The molecule has 0 atom stereocenters. The zero-order valence-corrected chi connectivity index (χ0v) is 7.54. The third-order valence-corrected chi connectivity index (χ3v) is 3.82. The van der Waals surface area contributed by atoms with Crippen molar-refractivity contribution < 1.29 is 0 Å². The van der Waals surface area contributed by atoms with Gasteiger partial charge in [-0.25, -0.2) is 0 Å². The normalized spacial score (nSPS) is 19.6. The van der Waals surface area contributed by atoms with E-state index in [4.69, 9.17) is 0 Å². The summed E-state index contributed by atoms with van der Waals surface area (Å²) < 4.78 is 1.37. The fraction of sp³-hybridized carbons (Fsp3) is 0.333. The molecule has 0 aliphatic carbocycles. The fourth-order valence-corrected chi connectivity index (χ4v) is 2.19. The number of allylic oxidation sites excluding steroid dienone is 2. The summed E-state index contributed by atoms with van der Waals surface area (Å²) in [7, 11) is 0.877. The van der Waals surface area contributed by atoms with E-state index in [9.17, 15) is 0 Å². The van der Waals surface area contributed by atoms with E-state index in [0.717, 1.165) is 9.52 Å². The van der Waals surface area contributed by atoms with Gasteiger partial charge in [0.25, 0.3) is 0 Å². The highest BCUT2D eigenvalue weighted by Crippen LogP contribution is 2.23. The van der Waals surface area contributed by atoms with Crippen molar-refractivity contribution in [3.05, 3.63) is 21.0 Å². The second-order valence-electron chi connectivity index (χ2n) is 1.91. The summed E-state index contributed by atoms with van der Waals surface area (Å²) in [6, 6.07) is 0. The molecule has 42 valence electrons. The van der Waals surface area contributed by atoms with E-state index < -0.39 is 0 Å². The fourth-order valence-electron chi connectivity index (χ4n) is 0.561. The molecule has 1 rings (SSSR count). The van der Waals surface area contributed by atoms with Gasteiger partial charge in [-0.3, -0.25) is 0 Å². The van der Waals surface area contributed by atoms with E-state index in [1.165, 1.54) is 15.3 Å². The van der Waals surface area contributed by atoms with Gasteiger partial charge in [0.05, 0.1) is 0 Å². The van der Waals surface area contributed by atoms with E-state index in [2.05, 4.69) is 35.5 Å². The molecule has 8 heavy (non-hydrogen) atoms. The Kier molecular flexibility index (Phi) is 1.73. The molecule has 0 saturated carbocycles. The SMILES string of the molecule is CC1=C[Si]C(Br)=C1C. The highest BCUT2D eigenvalue weighted by Gasteiger charge is 2.06. The first-order valence-electron chi connectivity index (χ1n) is 2.52. The highest BCUT2D eigenvalue weighted by atomic mass is 79.9. The largest absolute Gasteiger partial charge is 0.122 e.